The van der Waals surface area contributed by atoms with E-state index in [2.05, 4.69) is 36.8 Å². The summed E-state index contributed by atoms with van der Waals surface area (Å²) in [7, 11) is 0. The summed E-state index contributed by atoms with van der Waals surface area (Å²) in [6, 6.07) is 0. The van der Waals surface area contributed by atoms with Crippen LogP contribution < -0.4 is 11.2 Å². The molecule has 1 aromatic heterocycles. The minimum atomic E-state index is -0.369. The van der Waals surface area contributed by atoms with Crippen molar-refractivity contribution in [2.45, 2.75) is 18.3 Å². The third kappa shape index (κ3) is 2.81. The summed E-state index contributed by atoms with van der Waals surface area (Å²) in [5.41, 5.74) is -0.152. The number of alkyl halides is 2. The second-order valence-corrected chi connectivity index (χ2v) is 4.92. The Bertz CT molecular complexity index is 424. The zero-order valence-electron chi connectivity index (χ0n) is 7.59. The fraction of sp³-hybridized carbons (Fsp3) is 0.500. The van der Waals surface area contributed by atoms with Crippen LogP contribution in [0.25, 0.3) is 0 Å². The monoisotopic (exact) mass is 324 g/mol. The summed E-state index contributed by atoms with van der Waals surface area (Å²) in [5.74, 6) is 0. The van der Waals surface area contributed by atoms with Crippen LogP contribution in [-0.4, -0.2) is 19.7 Å². The van der Waals surface area contributed by atoms with Crippen molar-refractivity contribution in [2.24, 2.45) is 0 Å². The summed E-state index contributed by atoms with van der Waals surface area (Å²) < 4.78 is 1.48. The Morgan fingerprint density at radius 3 is 2.79 bits per heavy atom. The number of aryl methyl sites for hydroxylation is 1. The van der Waals surface area contributed by atoms with E-state index in [0.29, 0.717) is 12.1 Å². The molecule has 0 aromatic carbocycles. The number of nitrogens with zero attached hydrogens (tertiary/aromatic N) is 1. The summed E-state index contributed by atoms with van der Waals surface area (Å²) >= 11 is 6.69. The van der Waals surface area contributed by atoms with Crippen molar-refractivity contribution in [1.29, 1.82) is 0 Å². The van der Waals surface area contributed by atoms with E-state index in [1.165, 1.54) is 4.57 Å². The average molecular weight is 326 g/mol. The highest BCUT2D eigenvalue weighted by molar-refractivity contribution is 9.12. The van der Waals surface area contributed by atoms with Gasteiger partial charge in [-0.15, -0.1) is 0 Å². The Morgan fingerprint density at radius 1 is 1.57 bits per heavy atom. The number of nitrogens with one attached hydrogen (secondary N) is 1. The highest BCUT2D eigenvalue weighted by Crippen LogP contribution is 2.05. The molecule has 1 unspecified atom stereocenters. The molecule has 4 nitrogen and oxygen atoms in total. The van der Waals surface area contributed by atoms with Crippen molar-refractivity contribution in [3.05, 3.63) is 32.6 Å². The number of aromatic nitrogens is 2. The molecular formula is C8H10Br2N2O2. The number of hydrogen-bond acceptors (Lipinski definition) is 2. The minimum Gasteiger partial charge on any atom is -0.299 e. The van der Waals surface area contributed by atoms with Crippen molar-refractivity contribution in [2.75, 3.05) is 5.33 Å². The van der Waals surface area contributed by atoms with E-state index in [1.54, 1.807) is 13.1 Å². The SMILES string of the molecule is Cc1cn(CC(Br)CBr)c(=O)[nH]c1=O. The molecule has 0 aliphatic heterocycles. The van der Waals surface area contributed by atoms with Crippen LogP contribution in [0.15, 0.2) is 15.8 Å². The zero-order valence-corrected chi connectivity index (χ0v) is 10.8. The van der Waals surface area contributed by atoms with Gasteiger partial charge in [0.25, 0.3) is 5.56 Å². The molecule has 1 aromatic rings. The molecule has 0 aliphatic carbocycles. The van der Waals surface area contributed by atoms with Crippen LogP contribution in [0.5, 0.6) is 0 Å². The van der Waals surface area contributed by atoms with Gasteiger partial charge in [0.1, 0.15) is 0 Å². The van der Waals surface area contributed by atoms with Crippen LogP contribution in [0.4, 0.5) is 0 Å². The van der Waals surface area contributed by atoms with Gasteiger partial charge in [-0.25, -0.2) is 4.79 Å². The smallest absolute Gasteiger partial charge is 0.299 e. The van der Waals surface area contributed by atoms with Crippen molar-refractivity contribution in [3.63, 3.8) is 0 Å². The highest BCUT2D eigenvalue weighted by atomic mass is 79.9. The molecule has 6 heteroatoms. The molecule has 14 heavy (non-hydrogen) atoms. The zero-order chi connectivity index (χ0) is 10.7. The summed E-state index contributed by atoms with van der Waals surface area (Å²) in [6.07, 6.45) is 1.57. The van der Waals surface area contributed by atoms with Gasteiger partial charge in [0.05, 0.1) is 0 Å². The van der Waals surface area contributed by atoms with Gasteiger partial charge in [-0.3, -0.25) is 14.3 Å². The van der Waals surface area contributed by atoms with Gasteiger partial charge in [-0.1, -0.05) is 31.9 Å². The summed E-state index contributed by atoms with van der Waals surface area (Å²) in [4.78, 5) is 24.8. The third-order valence-corrected chi connectivity index (χ3v) is 4.01. The molecule has 0 spiro atoms. The van der Waals surface area contributed by atoms with Crippen LogP contribution in [0, 0.1) is 6.92 Å². The first kappa shape index (κ1) is 11.7. The first-order chi connectivity index (χ1) is 6.54. The standard InChI is InChI=1S/C8H10Br2N2O2/c1-5-3-12(4-6(10)2-9)8(14)11-7(5)13/h3,6H,2,4H2,1H3,(H,11,13,14). The van der Waals surface area contributed by atoms with E-state index in [9.17, 15) is 9.59 Å². The van der Waals surface area contributed by atoms with Crippen molar-refractivity contribution >= 4 is 31.9 Å². The average Bonchev–Trinajstić information content (AvgIpc) is 2.14. The van der Waals surface area contributed by atoms with E-state index >= 15 is 0 Å². The largest absolute Gasteiger partial charge is 0.328 e. The Hall–Kier alpha value is -0.360. The van der Waals surface area contributed by atoms with Crippen LogP contribution in [0.3, 0.4) is 0 Å². The number of aromatic amines is 1. The second-order valence-electron chi connectivity index (χ2n) is 2.98. The lowest BCUT2D eigenvalue weighted by atomic mass is 10.4. The molecule has 0 aliphatic rings. The van der Waals surface area contributed by atoms with Crippen LogP contribution in [-0.2, 0) is 6.54 Å². The van der Waals surface area contributed by atoms with Crippen LogP contribution >= 0.6 is 31.9 Å². The van der Waals surface area contributed by atoms with Gasteiger partial charge in [0.15, 0.2) is 0 Å². The molecule has 0 saturated carbocycles. The first-order valence-electron chi connectivity index (χ1n) is 4.05. The Kier molecular flexibility index (Phi) is 4.12. The maximum Gasteiger partial charge on any atom is 0.328 e. The number of halogens is 2. The normalized spacial score (nSPS) is 12.8. The lowest BCUT2D eigenvalue weighted by Crippen LogP contribution is -2.32. The maximum absolute atomic E-state index is 11.3. The van der Waals surface area contributed by atoms with E-state index < -0.39 is 0 Å². The lowest BCUT2D eigenvalue weighted by molar-refractivity contribution is 0.647. The molecule has 78 valence electrons. The maximum atomic E-state index is 11.3. The van der Waals surface area contributed by atoms with E-state index in [4.69, 9.17) is 0 Å². The fourth-order valence-corrected chi connectivity index (χ4v) is 1.53. The van der Waals surface area contributed by atoms with Gasteiger partial charge in [-0.2, -0.15) is 0 Å². The molecule has 1 heterocycles. The number of rotatable bonds is 3. The minimum absolute atomic E-state index is 0.172. The molecule has 0 fully saturated rings. The van der Waals surface area contributed by atoms with E-state index in [1.807, 2.05) is 0 Å². The van der Waals surface area contributed by atoms with Crippen molar-refractivity contribution in [1.82, 2.24) is 9.55 Å². The lowest BCUT2D eigenvalue weighted by Gasteiger charge is -2.08. The fourth-order valence-electron chi connectivity index (χ4n) is 1.02. The second kappa shape index (κ2) is 4.93. The van der Waals surface area contributed by atoms with Gasteiger partial charge < -0.3 is 0 Å². The Balaban J connectivity index is 3.04. The van der Waals surface area contributed by atoms with Gasteiger partial charge >= 0.3 is 5.69 Å². The highest BCUT2D eigenvalue weighted by Gasteiger charge is 2.06. The Labute approximate surface area is 97.6 Å². The molecule has 1 rings (SSSR count). The predicted octanol–water partition coefficient (Wildman–Crippen LogP) is 1.00. The molecule has 0 saturated heterocycles. The van der Waals surface area contributed by atoms with E-state index in [-0.39, 0.29) is 16.1 Å². The van der Waals surface area contributed by atoms with Gasteiger partial charge in [0, 0.05) is 28.5 Å². The molecular weight excluding hydrogens is 316 g/mol. The molecule has 0 amide bonds. The van der Waals surface area contributed by atoms with Crippen molar-refractivity contribution in [3.8, 4) is 0 Å². The first-order valence-corrected chi connectivity index (χ1v) is 6.08. The van der Waals surface area contributed by atoms with Crippen LogP contribution in [0.1, 0.15) is 5.56 Å². The van der Waals surface area contributed by atoms with Crippen LogP contribution in [0.2, 0.25) is 0 Å². The molecule has 1 atom stereocenters. The van der Waals surface area contributed by atoms with E-state index in [0.717, 1.165) is 5.33 Å². The van der Waals surface area contributed by atoms with Gasteiger partial charge in [-0.05, 0) is 6.92 Å². The summed E-state index contributed by atoms with van der Waals surface area (Å²) in [5, 5.41) is 0.748. The Morgan fingerprint density at radius 2 is 2.21 bits per heavy atom. The summed E-state index contributed by atoms with van der Waals surface area (Å²) in [6.45, 7) is 2.20. The topological polar surface area (TPSA) is 54.9 Å². The quantitative estimate of drug-likeness (QED) is 0.843. The van der Waals surface area contributed by atoms with Crippen molar-refractivity contribution < 1.29 is 0 Å². The number of H-pyrrole nitrogens is 1. The third-order valence-electron chi connectivity index (χ3n) is 1.75. The molecule has 1 N–H and O–H groups in total. The molecule has 0 bridgehead atoms. The number of hydrogen-bond donors (Lipinski definition) is 1. The molecule has 0 radical (unpaired) electrons. The predicted molar refractivity (Wildman–Crippen MR) is 62.6 cm³/mol. The van der Waals surface area contributed by atoms with Gasteiger partial charge in [0.2, 0.25) is 0 Å².